The van der Waals surface area contributed by atoms with Crippen LogP contribution >= 0.6 is 0 Å². The second-order valence-corrected chi connectivity index (χ2v) is 7.97. The Morgan fingerprint density at radius 1 is 0.474 bits per heavy atom. The lowest BCUT2D eigenvalue weighted by Crippen LogP contribution is -2.13. The number of carbonyl (C=O) groups excluding carboxylic acids is 2. The zero-order valence-electron chi connectivity index (χ0n) is 18.8. The third-order valence-corrected chi connectivity index (χ3v) is 5.71. The average molecular weight is 526 g/mol. The molecule has 0 radical (unpaired) electrons. The Morgan fingerprint density at radius 3 is 1.24 bits per heavy atom. The SMILES string of the molecule is O=C(Oc1cccc2c(F)c3c(OC(=O)c4cccc(F)c4F)cccc3c(F)c12)c1cccc(F)c1F. The van der Waals surface area contributed by atoms with Gasteiger partial charge in [0, 0.05) is 10.8 Å². The molecule has 0 fully saturated rings. The predicted molar refractivity (Wildman–Crippen MR) is 124 cm³/mol. The maximum atomic E-state index is 15.7. The molecule has 5 aromatic carbocycles. The summed E-state index contributed by atoms with van der Waals surface area (Å²) in [6, 6.07) is 12.6. The smallest absolute Gasteiger partial charge is 0.346 e. The van der Waals surface area contributed by atoms with E-state index in [2.05, 4.69) is 0 Å². The zero-order chi connectivity index (χ0) is 27.1. The van der Waals surface area contributed by atoms with E-state index >= 15 is 8.78 Å². The third kappa shape index (κ3) is 4.09. The van der Waals surface area contributed by atoms with Crippen LogP contribution in [0.15, 0.2) is 72.8 Å². The van der Waals surface area contributed by atoms with Crippen LogP contribution in [0.3, 0.4) is 0 Å². The van der Waals surface area contributed by atoms with Gasteiger partial charge in [0.2, 0.25) is 0 Å². The van der Waals surface area contributed by atoms with E-state index in [4.69, 9.17) is 9.47 Å². The molecule has 38 heavy (non-hydrogen) atoms. The predicted octanol–water partition coefficient (Wildman–Crippen LogP) is 7.27. The molecule has 0 saturated heterocycles. The minimum absolute atomic E-state index is 0.402. The summed E-state index contributed by atoms with van der Waals surface area (Å²) in [5.74, 6) is -11.4. The summed E-state index contributed by atoms with van der Waals surface area (Å²) >= 11 is 0. The van der Waals surface area contributed by atoms with Crippen LogP contribution in [-0.4, -0.2) is 11.9 Å². The fourth-order valence-electron chi connectivity index (χ4n) is 3.95. The zero-order valence-corrected chi connectivity index (χ0v) is 18.8. The lowest BCUT2D eigenvalue weighted by molar-refractivity contribution is 0.0720. The van der Waals surface area contributed by atoms with Crippen molar-refractivity contribution in [2.24, 2.45) is 0 Å². The van der Waals surface area contributed by atoms with Gasteiger partial charge in [-0.05, 0) is 36.4 Å². The van der Waals surface area contributed by atoms with Crippen molar-refractivity contribution in [3.8, 4) is 11.5 Å². The van der Waals surface area contributed by atoms with Gasteiger partial charge >= 0.3 is 11.9 Å². The molecule has 0 aliphatic rings. The van der Waals surface area contributed by atoms with Gasteiger partial charge < -0.3 is 9.47 Å². The van der Waals surface area contributed by atoms with Crippen molar-refractivity contribution in [2.45, 2.75) is 0 Å². The van der Waals surface area contributed by atoms with Crippen LogP contribution in [0.25, 0.3) is 21.5 Å². The highest BCUT2D eigenvalue weighted by Crippen LogP contribution is 2.40. The first-order chi connectivity index (χ1) is 18.2. The number of fused-ring (bicyclic) bond motifs is 2. The molecular weight excluding hydrogens is 514 g/mol. The molecule has 5 aromatic rings. The van der Waals surface area contributed by atoms with Crippen LogP contribution in [0, 0.1) is 34.9 Å². The molecule has 0 heterocycles. The number of halogens is 6. The Bertz CT molecular complexity index is 1650. The van der Waals surface area contributed by atoms with Crippen LogP contribution in [0.5, 0.6) is 11.5 Å². The Balaban J connectivity index is 1.62. The fraction of sp³-hybridized carbons (Fsp3) is 0. The van der Waals surface area contributed by atoms with Crippen LogP contribution in [0.2, 0.25) is 0 Å². The first kappa shape index (κ1) is 24.8. The fourth-order valence-corrected chi connectivity index (χ4v) is 3.95. The topological polar surface area (TPSA) is 52.6 Å². The molecule has 190 valence electrons. The summed E-state index contributed by atoms with van der Waals surface area (Å²) in [6.07, 6.45) is 0. The molecule has 10 heteroatoms. The Hall–Kier alpha value is -4.86. The number of carbonyl (C=O) groups is 2. The monoisotopic (exact) mass is 526 g/mol. The molecular formula is C28H12F6O4. The van der Waals surface area contributed by atoms with Crippen molar-refractivity contribution in [2.75, 3.05) is 0 Å². The summed E-state index contributed by atoms with van der Waals surface area (Å²) in [5, 5.41) is -1.80. The number of hydrogen-bond acceptors (Lipinski definition) is 4. The number of hydrogen-bond donors (Lipinski definition) is 0. The minimum Gasteiger partial charge on any atom is -0.422 e. The Kier molecular flexibility index (Phi) is 6.23. The molecule has 0 N–H and O–H groups in total. The molecule has 0 aliphatic heterocycles. The van der Waals surface area contributed by atoms with Crippen molar-refractivity contribution in [1.82, 2.24) is 0 Å². The molecule has 0 spiro atoms. The number of ether oxygens (including phenoxy) is 2. The second kappa shape index (κ2) is 9.55. The van der Waals surface area contributed by atoms with Crippen LogP contribution in [-0.2, 0) is 0 Å². The van der Waals surface area contributed by atoms with Crippen LogP contribution < -0.4 is 9.47 Å². The van der Waals surface area contributed by atoms with Crippen molar-refractivity contribution >= 4 is 33.5 Å². The van der Waals surface area contributed by atoms with Crippen molar-refractivity contribution < 1.29 is 45.4 Å². The van der Waals surface area contributed by atoms with E-state index in [1.807, 2.05) is 0 Å². The molecule has 0 saturated carbocycles. The number of esters is 2. The first-order valence-electron chi connectivity index (χ1n) is 10.8. The summed E-state index contributed by atoms with van der Waals surface area (Å²) in [4.78, 5) is 25.0. The molecule has 0 unspecified atom stereocenters. The first-order valence-corrected chi connectivity index (χ1v) is 10.8. The van der Waals surface area contributed by atoms with Gasteiger partial charge in [-0.3, -0.25) is 0 Å². The van der Waals surface area contributed by atoms with Gasteiger partial charge in [0.15, 0.2) is 23.3 Å². The van der Waals surface area contributed by atoms with E-state index in [-0.39, 0.29) is 0 Å². The van der Waals surface area contributed by atoms with Crippen LogP contribution in [0.4, 0.5) is 26.3 Å². The molecule has 4 nitrogen and oxygen atoms in total. The lowest BCUT2D eigenvalue weighted by atomic mass is 10.0. The minimum atomic E-state index is -1.48. The van der Waals surface area contributed by atoms with Gasteiger partial charge in [-0.15, -0.1) is 0 Å². The second-order valence-electron chi connectivity index (χ2n) is 7.97. The summed E-state index contributed by atoms with van der Waals surface area (Å²) in [6.45, 7) is 0. The Morgan fingerprint density at radius 2 is 0.842 bits per heavy atom. The standard InChI is InChI=1S/C28H12F6O4/c29-17-9-1-7-15(23(17)31)27(35)37-19-11-3-5-13-21(19)25(33)14-6-4-12-20(22(14)26(13)34)38-28(36)16-8-2-10-18(30)24(16)32/h1-12H. The van der Waals surface area contributed by atoms with Crippen molar-refractivity contribution in [3.05, 3.63) is 119 Å². The summed E-state index contributed by atoms with van der Waals surface area (Å²) in [7, 11) is 0. The summed E-state index contributed by atoms with van der Waals surface area (Å²) < 4.78 is 96.8. The highest BCUT2D eigenvalue weighted by Gasteiger charge is 2.25. The van der Waals surface area contributed by atoms with Gasteiger partial charge in [0.1, 0.15) is 23.1 Å². The highest BCUT2D eigenvalue weighted by molar-refractivity contribution is 6.06. The van der Waals surface area contributed by atoms with E-state index in [0.717, 1.165) is 60.7 Å². The maximum Gasteiger partial charge on any atom is 0.346 e. The van der Waals surface area contributed by atoms with Gasteiger partial charge in [0.25, 0.3) is 0 Å². The van der Waals surface area contributed by atoms with E-state index in [1.165, 1.54) is 12.1 Å². The van der Waals surface area contributed by atoms with Crippen molar-refractivity contribution in [1.29, 1.82) is 0 Å². The largest absolute Gasteiger partial charge is 0.422 e. The van der Waals surface area contributed by atoms with E-state index in [1.54, 1.807) is 0 Å². The van der Waals surface area contributed by atoms with E-state index < -0.39 is 91.0 Å². The average Bonchev–Trinajstić information content (AvgIpc) is 2.90. The molecule has 0 aromatic heterocycles. The number of benzene rings is 5. The van der Waals surface area contributed by atoms with Crippen molar-refractivity contribution in [3.63, 3.8) is 0 Å². The molecule has 0 atom stereocenters. The molecule has 0 bridgehead atoms. The normalized spacial score (nSPS) is 11.1. The Labute approximate surface area is 209 Å². The van der Waals surface area contributed by atoms with Gasteiger partial charge in [0.05, 0.1) is 21.9 Å². The number of rotatable bonds is 4. The van der Waals surface area contributed by atoms with Gasteiger partial charge in [-0.1, -0.05) is 36.4 Å². The van der Waals surface area contributed by atoms with Crippen LogP contribution in [0.1, 0.15) is 20.7 Å². The quantitative estimate of drug-likeness (QED) is 0.107. The molecule has 5 rings (SSSR count). The van der Waals surface area contributed by atoms with E-state index in [0.29, 0.717) is 0 Å². The molecule has 0 aliphatic carbocycles. The highest BCUT2D eigenvalue weighted by atomic mass is 19.2. The summed E-state index contributed by atoms with van der Waals surface area (Å²) in [5.41, 5.74) is -1.52. The van der Waals surface area contributed by atoms with Gasteiger partial charge in [-0.2, -0.15) is 0 Å². The third-order valence-electron chi connectivity index (χ3n) is 5.71. The lowest BCUT2D eigenvalue weighted by Gasteiger charge is -2.14. The molecule has 0 amide bonds. The van der Waals surface area contributed by atoms with Gasteiger partial charge in [-0.25, -0.2) is 35.9 Å². The maximum absolute atomic E-state index is 15.7. The van der Waals surface area contributed by atoms with E-state index in [9.17, 15) is 27.2 Å².